The second-order valence-electron chi connectivity index (χ2n) is 5.91. The summed E-state index contributed by atoms with van der Waals surface area (Å²) in [6, 6.07) is 12.2. The lowest BCUT2D eigenvalue weighted by atomic mass is 10.1. The van der Waals surface area contributed by atoms with Crippen LogP contribution >= 0.6 is 0 Å². The summed E-state index contributed by atoms with van der Waals surface area (Å²) in [7, 11) is 1.55. The average molecular weight is 371 g/mol. The molecule has 27 heavy (non-hydrogen) atoms. The molecule has 2 aromatic carbocycles. The van der Waals surface area contributed by atoms with Crippen LogP contribution in [0.1, 0.15) is 36.2 Å². The van der Waals surface area contributed by atoms with Crippen molar-refractivity contribution >= 4 is 17.6 Å². The fourth-order valence-corrected chi connectivity index (χ4v) is 2.50. The Labute approximate surface area is 159 Å². The topological polar surface area (TPSA) is 73.9 Å². The molecule has 0 fully saturated rings. The Morgan fingerprint density at radius 1 is 1.07 bits per heavy atom. The number of para-hydroxylation sites is 2. The van der Waals surface area contributed by atoms with Gasteiger partial charge in [-0.15, -0.1) is 0 Å². The van der Waals surface area contributed by atoms with E-state index >= 15 is 0 Å². The number of carbonyl (C=O) groups excluding carboxylic acids is 2. The Balaban J connectivity index is 2.16. The molecule has 2 aromatic rings. The zero-order chi connectivity index (χ0) is 19.8. The molecule has 1 N–H and O–H groups in total. The number of methoxy groups -OCH3 is 1. The van der Waals surface area contributed by atoms with Crippen molar-refractivity contribution in [2.24, 2.45) is 0 Å². The van der Waals surface area contributed by atoms with Crippen LogP contribution in [0.2, 0.25) is 0 Å². The van der Waals surface area contributed by atoms with Crippen molar-refractivity contribution < 1.29 is 23.8 Å². The Bertz CT molecular complexity index is 803. The van der Waals surface area contributed by atoms with Crippen molar-refractivity contribution in [3.8, 4) is 11.5 Å². The minimum absolute atomic E-state index is 0.291. The Kier molecular flexibility index (Phi) is 7.23. The fraction of sp³-hybridized carbons (Fsp3) is 0.333. The van der Waals surface area contributed by atoms with E-state index in [0.717, 1.165) is 5.56 Å². The lowest BCUT2D eigenvalue weighted by Crippen LogP contribution is -2.32. The van der Waals surface area contributed by atoms with E-state index in [1.807, 2.05) is 26.0 Å². The molecule has 0 heterocycles. The van der Waals surface area contributed by atoms with Crippen LogP contribution in [0.4, 0.5) is 5.69 Å². The molecule has 0 aliphatic rings. The van der Waals surface area contributed by atoms with Gasteiger partial charge in [-0.3, -0.25) is 4.79 Å². The maximum absolute atomic E-state index is 12.7. The number of nitrogens with one attached hydrogen (secondary N) is 1. The molecule has 6 heteroatoms. The highest BCUT2D eigenvalue weighted by Crippen LogP contribution is 2.28. The van der Waals surface area contributed by atoms with Crippen LogP contribution < -0.4 is 14.8 Å². The van der Waals surface area contributed by atoms with Gasteiger partial charge in [-0.25, -0.2) is 4.79 Å². The number of benzene rings is 2. The van der Waals surface area contributed by atoms with Crippen molar-refractivity contribution in [3.05, 3.63) is 53.6 Å². The summed E-state index contributed by atoms with van der Waals surface area (Å²) >= 11 is 0. The molecule has 0 aliphatic heterocycles. The summed E-state index contributed by atoms with van der Waals surface area (Å²) in [5, 5.41) is 2.84. The molecule has 0 unspecified atom stereocenters. The van der Waals surface area contributed by atoms with Crippen LogP contribution in [0.15, 0.2) is 42.5 Å². The van der Waals surface area contributed by atoms with Crippen LogP contribution in [0, 0.1) is 6.92 Å². The third kappa shape index (κ3) is 5.23. The van der Waals surface area contributed by atoms with Crippen LogP contribution in [0.3, 0.4) is 0 Å². The van der Waals surface area contributed by atoms with E-state index in [1.54, 1.807) is 44.4 Å². The largest absolute Gasteiger partial charge is 0.493 e. The van der Waals surface area contributed by atoms with Gasteiger partial charge in [-0.1, -0.05) is 25.1 Å². The van der Waals surface area contributed by atoms with Crippen LogP contribution in [0.25, 0.3) is 0 Å². The smallest absolute Gasteiger partial charge is 0.338 e. The monoisotopic (exact) mass is 371 g/mol. The molecule has 1 atom stereocenters. The van der Waals surface area contributed by atoms with Crippen molar-refractivity contribution in [1.29, 1.82) is 0 Å². The number of rotatable bonds is 8. The van der Waals surface area contributed by atoms with Crippen LogP contribution in [-0.4, -0.2) is 31.7 Å². The van der Waals surface area contributed by atoms with Gasteiger partial charge >= 0.3 is 5.97 Å². The van der Waals surface area contributed by atoms with E-state index in [0.29, 0.717) is 35.8 Å². The van der Waals surface area contributed by atoms with Gasteiger partial charge in [0.15, 0.2) is 17.6 Å². The van der Waals surface area contributed by atoms with Crippen LogP contribution in [-0.2, 0) is 9.53 Å². The van der Waals surface area contributed by atoms with E-state index in [9.17, 15) is 9.59 Å². The predicted molar refractivity (Wildman–Crippen MR) is 103 cm³/mol. The highest BCUT2D eigenvalue weighted by molar-refractivity contribution is 5.97. The molecule has 0 radical (unpaired) electrons. The third-order valence-electron chi connectivity index (χ3n) is 4.01. The van der Waals surface area contributed by atoms with E-state index < -0.39 is 12.1 Å². The number of amides is 1. The summed E-state index contributed by atoms with van der Waals surface area (Å²) in [5.41, 5.74) is 1.77. The van der Waals surface area contributed by atoms with Gasteiger partial charge in [0, 0.05) is 5.69 Å². The number of ether oxygens (including phenoxy) is 3. The van der Waals surface area contributed by atoms with Gasteiger partial charge in [0.2, 0.25) is 0 Å². The molecule has 6 nitrogen and oxygen atoms in total. The summed E-state index contributed by atoms with van der Waals surface area (Å²) < 4.78 is 16.1. The number of hydrogen-bond acceptors (Lipinski definition) is 5. The van der Waals surface area contributed by atoms with E-state index in [1.165, 1.54) is 0 Å². The summed E-state index contributed by atoms with van der Waals surface area (Å²) in [6.45, 7) is 5.75. The predicted octanol–water partition coefficient (Wildman–Crippen LogP) is 3.98. The van der Waals surface area contributed by atoms with Crippen LogP contribution in [0.5, 0.6) is 11.5 Å². The first kappa shape index (κ1) is 20.3. The molecule has 0 spiro atoms. The quantitative estimate of drug-likeness (QED) is 0.711. The summed E-state index contributed by atoms with van der Waals surface area (Å²) in [6.07, 6.45) is -0.229. The van der Waals surface area contributed by atoms with Crippen molar-refractivity contribution in [1.82, 2.24) is 0 Å². The first-order valence-corrected chi connectivity index (χ1v) is 8.88. The van der Waals surface area contributed by atoms with Gasteiger partial charge in [0.1, 0.15) is 0 Å². The molecule has 0 saturated heterocycles. The van der Waals surface area contributed by atoms with Gasteiger partial charge < -0.3 is 19.5 Å². The molecule has 0 aromatic heterocycles. The third-order valence-corrected chi connectivity index (χ3v) is 4.01. The van der Waals surface area contributed by atoms with Crippen molar-refractivity contribution in [2.45, 2.75) is 33.3 Å². The molecule has 0 bridgehead atoms. The second kappa shape index (κ2) is 9.62. The maximum Gasteiger partial charge on any atom is 0.338 e. The number of carbonyl (C=O) groups is 2. The number of esters is 1. The molecular weight excluding hydrogens is 346 g/mol. The SMILES string of the molecule is CCOC(=O)c1ccc(C)c(NC(=O)[C@@H](CC)Oc2ccccc2OC)c1. The highest BCUT2D eigenvalue weighted by atomic mass is 16.5. The number of anilines is 1. The van der Waals surface area contributed by atoms with Gasteiger partial charge in [-0.2, -0.15) is 0 Å². The van der Waals surface area contributed by atoms with E-state index in [4.69, 9.17) is 14.2 Å². The number of hydrogen-bond donors (Lipinski definition) is 1. The first-order chi connectivity index (χ1) is 13.0. The normalized spacial score (nSPS) is 11.4. The molecule has 0 aliphatic carbocycles. The van der Waals surface area contributed by atoms with Gasteiger partial charge in [-0.05, 0) is 50.1 Å². The van der Waals surface area contributed by atoms with Gasteiger partial charge in [0.25, 0.3) is 5.91 Å². The Morgan fingerprint density at radius 3 is 2.41 bits per heavy atom. The maximum atomic E-state index is 12.7. The molecule has 144 valence electrons. The first-order valence-electron chi connectivity index (χ1n) is 8.88. The molecule has 0 saturated carbocycles. The molecular formula is C21H25NO5. The van der Waals surface area contributed by atoms with Gasteiger partial charge in [0.05, 0.1) is 19.3 Å². The fourth-order valence-electron chi connectivity index (χ4n) is 2.50. The highest BCUT2D eigenvalue weighted by Gasteiger charge is 2.21. The lowest BCUT2D eigenvalue weighted by molar-refractivity contribution is -0.122. The Morgan fingerprint density at radius 2 is 1.78 bits per heavy atom. The lowest BCUT2D eigenvalue weighted by Gasteiger charge is -2.19. The molecule has 1 amide bonds. The average Bonchev–Trinajstić information content (AvgIpc) is 2.68. The zero-order valence-electron chi connectivity index (χ0n) is 16.1. The Hall–Kier alpha value is -3.02. The van der Waals surface area contributed by atoms with E-state index in [2.05, 4.69) is 5.32 Å². The second-order valence-corrected chi connectivity index (χ2v) is 5.91. The minimum atomic E-state index is -0.702. The standard InChI is InChI=1S/C21H25NO5/c1-5-17(27-19-10-8-7-9-18(19)25-4)20(23)22-16-13-15(12-11-14(16)3)21(24)26-6-2/h7-13,17H,5-6H2,1-4H3,(H,22,23)/t17-/m1/s1. The van der Waals surface area contributed by atoms with Crippen molar-refractivity contribution in [3.63, 3.8) is 0 Å². The van der Waals surface area contributed by atoms with E-state index in [-0.39, 0.29) is 5.91 Å². The summed E-state index contributed by atoms with van der Waals surface area (Å²) in [4.78, 5) is 24.6. The summed E-state index contributed by atoms with van der Waals surface area (Å²) in [5.74, 6) is 0.334. The number of aryl methyl sites for hydroxylation is 1. The van der Waals surface area contributed by atoms with Crippen molar-refractivity contribution in [2.75, 3.05) is 19.0 Å². The molecule has 2 rings (SSSR count). The minimum Gasteiger partial charge on any atom is -0.493 e. The zero-order valence-corrected chi connectivity index (χ0v) is 16.1.